The molecule has 1 aliphatic heterocycles. The maximum absolute atomic E-state index is 5.58. The number of rotatable bonds is 5. The maximum Gasteiger partial charge on any atom is 0.322 e. The van der Waals surface area contributed by atoms with Gasteiger partial charge in [-0.1, -0.05) is 6.92 Å². The van der Waals surface area contributed by atoms with Crippen molar-refractivity contribution < 1.29 is 4.74 Å². The van der Waals surface area contributed by atoms with Gasteiger partial charge in [0.2, 0.25) is 11.9 Å². The summed E-state index contributed by atoms with van der Waals surface area (Å²) in [7, 11) is 1.51. The molecule has 0 aromatic carbocycles. The van der Waals surface area contributed by atoms with E-state index in [0.717, 1.165) is 13.1 Å². The van der Waals surface area contributed by atoms with Gasteiger partial charge in [-0.15, -0.1) is 0 Å². The van der Waals surface area contributed by atoms with Crippen molar-refractivity contribution in [3.63, 3.8) is 0 Å². The van der Waals surface area contributed by atoms with Crippen LogP contribution in [0.3, 0.4) is 0 Å². The summed E-state index contributed by atoms with van der Waals surface area (Å²) in [5.41, 5.74) is 5.58. The van der Waals surface area contributed by atoms with Crippen molar-refractivity contribution in [2.24, 2.45) is 0 Å². The number of hydrogen-bond donors (Lipinski definition) is 2. The first kappa shape index (κ1) is 12.8. The van der Waals surface area contributed by atoms with Crippen LogP contribution in [0.15, 0.2) is 0 Å². The van der Waals surface area contributed by atoms with Crippen molar-refractivity contribution in [1.82, 2.24) is 19.9 Å². The second-order valence-corrected chi connectivity index (χ2v) is 4.31. The maximum atomic E-state index is 5.58. The largest absolute Gasteiger partial charge is 0.467 e. The Bertz CT molecular complexity index is 399. The van der Waals surface area contributed by atoms with Crippen molar-refractivity contribution in [3.05, 3.63) is 0 Å². The standard InChI is InChI=1S/C11H20N6O/c1-3-17-6-4-5-8(17)7-13-10-14-9(12)15-11(16-10)18-2/h8H,3-7H2,1-2H3,(H3,12,13,14,15,16). The normalized spacial score (nSPS) is 20.0. The first-order valence-corrected chi connectivity index (χ1v) is 6.26. The highest BCUT2D eigenvalue weighted by molar-refractivity contribution is 5.32. The summed E-state index contributed by atoms with van der Waals surface area (Å²) in [5.74, 6) is 0.644. The Labute approximate surface area is 107 Å². The third kappa shape index (κ3) is 2.98. The summed E-state index contributed by atoms with van der Waals surface area (Å²) in [5, 5.41) is 3.20. The van der Waals surface area contributed by atoms with Crippen LogP contribution in [0, 0.1) is 0 Å². The third-order valence-corrected chi connectivity index (χ3v) is 3.22. The molecule has 2 heterocycles. The number of likely N-dealkylation sites (N-methyl/N-ethyl adjacent to an activating group) is 1. The summed E-state index contributed by atoms with van der Waals surface area (Å²) < 4.78 is 4.96. The number of anilines is 2. The number of nitrogen functional groups attached to an aromatic ring is 1. The van der Waals surface area contributed by atoms with Crippen LogP contribution in [-0.4, -0.2) is 52.6 Å². The van der Waals surface area contributed by atoms with E-state index in [-0.39, 0.29) is 12.0 Å². The van der Waals surface area contributed by atoms with Crippen molar-refractivity contribution >= 4 is 11.9 Å². The Kier molecular flexibility index (Phi) is 4.14. The topological polar surface area (TPSA) is 89.2 Å². The molecule has 1 aromatic rings. The molecule has 0 amide bonds. The summed E-state index contributed by atoms with van der Waals surface area (Å²) in [6.45, 7) is 5.25. The lowest BCUT2D eigenvalue weighted by atomic mass is 10.2. The second-order valence-electron chi connectivity index (χ2n) is 4.31. The molecular weight excluding hydrogens is 232 g/mol. The molecule has 0 aliphatic carbocycles. The molecule has 1 unspecified atom stereocenters. The molecule has 1 aromatic heterocycles. The van der Waals surface area contributed by atoms with Crippen LogP contribution in [-0.2, 0) is 0 Å². The van der Waals surface area contributed by atoms with E-state index in [9.17, 15) is 0 Å². The van der Waals surface area contributed by atoms with E-state index < -0.39 is 0 Å². The Balaban J connectivity index is 1.95. The van der Waals surface area contributed by atoms with Crippen molar-refractivity contribution in [1.29, 1.82) is 0 Å². The monoisotopic (exact) mass is 252 g/mol. The molecular formula is C11H20N6O. The molecule has 0 bridgehead atoms. The number of nitrogens with one attached hydrogen (secondary N) is 1. The minimum atomic E-state index is 0.170. The van der Waals surface area contributed by atoms with Crippen LogP contribution in [0.2, 0.25) is 0 Å². The SMILES string of the molecule is CCN1CCCC1CNc1nc(N)nc(OC)n1. The number of likely N-dealkylation sites (tertiary alicyclic amines) is 1. The highest BCUT2D eigenvalue weighted by Gasteiger charge is 2.22. The first-order valence-electron chi connectivity index (χ1n) is 6.26. The predicted octanol–water partition coefficient (Wildman–Crippen LogP) is 0.359. The van der Waals surface area contributed by atoms with Gasteiger partial charge in [-0.05, 0) is 25.9 Å². The lowest BCUT2D eigenvalue weighted by molar-refractivity contribution is 0.276. The Morgan fingerprint density at radius 1 is 1.44 bits per heavy atom. The van der Waals surface area contributed by atoms with Crippen LogP contribution in [0.1, 0.15) is 19.8 Å². The van der Waals surface area contributed by atoms with Gasteiger partial charge in [-0.2, -0.15) is 15.0 Å². The fraction of sp³-hybridized carbons (Fsp3) is 0.727. The average molecular weight is 252 g/mol. The lowest BCUT2D eigenvalue weighted by Crippen LogP contribution is -2.35. The summed E-state index contributed by atoms with van der Waals surface area (Å²) >= 11 is 0. The molecule has 0 saturated carbocycles. The van der Waals surface area contributed by atoms with Crippen LogP contribution < -0.4 is 15.8 Å². The third-order valence-electron chi connectivity index (χ3n) is 3.22. The van der Waals surface area contributed by atoms with E-state index in [2.05, 4.69) is 32.1 Å². The van der Waals surface area contributed by atoms with Gasteiger partial charge in [0, 0.05) is 12.6 Å². The van der Waals surface area contributed by atoms with Gasteiger partial charge in [0.05, 0.1) is 7.11 Å². The fourth-order valence-electron chi connectivity index (χ4n) is 2.29. The zero-order valence-electron chi connectivity index (χ0n) is 10.9. The van der Waals surface area contributed by atoms with Gasteiger partial charge in [-0.3, -0.25) is 4.90 Å². The van der Waals surface area contributed by atoms with Crippen LogP contribution in [0.4, 0.5) is 11.9 Å². The van der Waals surface area contributed by atoms with Gasteiger partial charge in [0.15, 0.2) is 0 Å². The highest BCUT2D eigenvalue weighted by atomic mass is 16.5. The minimum absolute atomic E-state index is 0.170. The van der Waals surface area contributed by atoms with Crippen LogP contribution in [0.5, 0.6) is 6.01 Å². The smallest absolute Gasteiger partial charge is 0.322 e. The highest BCUT2D eigenvalue weighted by Crippen LogP contribution is 2.17. The molecule has 0 radical (unpaired) electrons. The molecule has 7 nitrogen and oxygen atoms in total. The molecule has 1 saturated heterocycles. The average Bonchev–Trinajstić information content (AvgIpc) is 2.83. The molecule has 18 heavy (non-hydrogen) atoms. The van der Waals surface area contributed by atoms with Gasteiger partial charge in [0.1, 0.15) is 0 Å². The predicted molar refractivity (Wildman–Crippen MR) is 69.6 cm³/mol. The van der Waals surface area contributed by atoms with E-state index in [1.54, 1.807) is 0 Å². The Hall–Kier alpha value is -1.63. The molecule has 1 fully saturated rings. The Morgan fingerprint density at radius 3 is 3.00 bits per heavy atom. The first-order chi connectivity index (χ1) is 8.72. The zero-order valence-corrected chi connectivity index (χ0v) is 10.9. The van der Waals surface area contributed by atoms with Crippen molar-refractivity contribution in [2.45, 2.75) is 25.8 Å². The van der Waals surface area contributed by atoms with Crippen molar-refractivity contribution in [2.75, 3.05) is 37.8 Å². The number of hydrogen-bond acceptors (Lipinski definition) is 7. The van der Waals surface area contributed by atoms with Crippen LogP contribution >= 0.6 is 0 Å². The van der Waals surface area contributed by atoms with Gasteiger partial charge in [-0.25, -0.2) is 0 Å². The van der Waals surface area contributed by atoms with Gasteiger partial charge in [0.25, 0.3) is 0 Å². The van der Waals surface area contributed by atoms with E-state index in [1.807, 2.05) is 0 Å². The molecule has 100 valence electrons. The van der Waals surface area contributed by atoms with Gasteiger partial charge < -0.3 is 15.8 Å². The molecule has 3 N–H and O–H groups in total. The molecule has 7 heteroatoms. The quantitative estimate of drug-likeness (QED) is 0.782. The molecule has 1 aliphatic rings. The Morgan fingerprint density at radius 2 is 2.28 bits per heavy atom. The summed E-state index contributed by atoms with van der Waals surface area (Å²) in [6, 6.07) is 0.780. The summed E-state index contributed by atoms with van der Waals surface area (Å²) in [4.78, 5) is 14.4. The van der Waals surface area contributed by atoms with Gasteiger partial charge >= 0.3 is 6.01 Å². The lowest BCUT2D eigenvalue weighted by Gasteiger charge is -2.22. The number of aromatic nitrogens is 3. The number of methoxy groups -OCH3 is 1. The van der Waals surface area contributed by atoms with Crippen molar-refractivity contribution in [3.8, 4) is 6.01 Å². The summed E-state index contributed by atoms with van der Waals surface area (Å²) in [6.07, 6.45) is 2.46. The number of nitrogens with zero attached hydrogens (tertiary/aromatic N) is 4. The molecule has 1 atom stereocenters. The number of ether oxygens (including phenoxy) is 1. The number of nitrogens with two attached hydrogens (primary N) is 1. The fourth-order valence-corrected chi connectivity index (χ4v) is 2.29. The van der Waals surface area contributed by atoms with E-state index in [0.29, 0.717) is 12.0 Å². The zero-order chi connectivity index (χ0) is 13.0. The molecule has 0 spiro atoms. The van der Waals surface area contributed by atoms with Crippen LogP contribution in [0.25, 0.3) is 0 Å². The molecule has 2 rings (SSSR count). The second kappa shape index (κ2) is 5.81. The van der Waals surface area contributed by atoms with E-state index >= 15 is 0 Å². The van der Waals surface area contributed by atoms with E-state index in [1.165, 1.54) is 26.5 Å². The van der Waals surface area contributed by atoms with E-state index in [4.69, 9.17) is 10.5 Å². The minimum Gasteiger partial charge on any atom is -0.467 e.